The first kappa shape index (κ1) is 88.8. The predicted octanol–water partition coefficient (Wildman–Crippen LogP) is 28.8. The Balaban J connectivity index is 0.000000179. The summed E-state index contributed by atoms with van der Waals surface area (Å²) in [6.45, 7) is 21.9. The van der Waals surface area contributed by atoms with Gasteiger partial charge in [0.05, 0.1) is 75.8 Å². The SMILES string of the molecule is CCCCCCCCOc1cnc(-c2ccc(-c3ccc(CCC)cc3)cc2)cn1.CCCCCCCc1ccc(-c2cnc(CCC)cn2)cc1.CCCc1ccc(-c2sc(-c3ccc(CCC)cc3)c(F)c2F)cc1.CCOc1ccc(-c2ccc(C)cc2)nc1F.CCOc1ccc(-c2sc(CC)cc2F)c(F)c1F. The van der Waals surface area contributed by atoms with Crippen molar-refractivity contribution in [3.8, 4) is 93.6 Å². The number of aryl methyl sites for hydroxylation is 7. The maximum Gasteiger partial charge on any atom is 0.255 e. The monoisotopic (exact) mass is 1570 g/mol. The summed E-state index contributed by atoms with van der Waals surface area (Å²) in [5.74, 6) is -4.09. The van der Waals surface area contributed by atoms with Crippen LogP contribution in [0.2, 0.25) is 0 Å². The Hall–Kier alpha value is -9.77. The van der Waals surface area contributed by atoms with Crippen molar-refractivity contribution in [2.24, 2.45) is 0 Å². The van der Waals surface area contributed by atoms with Crippen molar-refractivity contribution >= 4 is 22.7 Å². The fraction of sp³-hybridized carbons (Fsp3) is 0.351. The first-order chi connectivity index (χ1) is 55.0. The first-order valence-electron chi connectivity index (χ1n) is 40.5. The summed E-state index contributed by atoms with van der Waals surface area (Å²) < 4.78 is 99.7. The van der Waals surface area contributed by atoms with Crippen molar-refractivity contribution in [2.75, 3.05) is 19.8 Å². The van der Waals surface area contributed by atoms with Crippen LogP contribution >= 0.6 is 22.7 Å². The second-order valence-electron chi connectivity index (χ2n) is 27.9. The van der Waals surface area contributed by atoms with E-state index in [4.69, 9.17) is 14.2 Å². The minimum Gasteiger partial charge on any atom is -0.491 e. The standard InChI is InChI=1S/C27H34N2O.C22H22F2S.C20H28N2.C14H13F3OS.C14H14FNO/c1-3-5-6-7-8-9-19-30-27-21-28-26(20-29-27)25-17-15-24(16-18-25)23-13-11-22(10-4-2)12-14-23;1-3-5-15-7-11-17(12-8-15)21-19(23)20(24)22(25-21)18-13-9-16(6-4-2)10-14-18;1-3-5-6-7-8-10-17-11-13-18(14-12-17)20-16-21-19(9-4-2)15-22-20;1-3-8-7-10(15)14(19-8)9-5-6-11(18-4-2)13(17)12(9)16;1-3-17-13-9-8-12(16-14(13)15)11-6-4-10(2)5-7-11/h11-18,20-21H,3-10,19H2,1-2H3;7-14H,3-6H2,1-2H3;11-16H,3-10H2,1-2H3;5-7H,3-4H2,1-2H3;4-9H,3H2,1-2H3. The Kier molecular flexibility index (Phi) is 38.0. The van der Waals surface area contributed by atoms with Gasteiger partial charge in [-0.25, -0.2) is 32.5 Å². The van der Waals surface area contributed by atoms with Gasteiger partial charge in [0.25, 0.3) is 5.95 Å². The fourth-order valence-electron chi connectivity index (χ4n) is 12.6. The van der Waals surface area contributed by atoms with Crippen molar-refractivity contribution in [1.29, 1.82) is 0 Å². The minimum absolute atomic E-state index is 0.0665. The number of nitrogens with zero attached hydrogens (tertiary/aromatic N) is 5. The van der Waals surface area contributed by atoms with Crippen LogP contribution in [-0.4, -0.2) is 44.7 Å². The van der Waals surface area contributed by atoms with Crippen LogP contribution in [0.15, 0.2) is 201 Å². The highest BCUT2D eigenvalue weighted by Gasteiger charge is 2.23. The molecule has 0 saturated carbocycles. The predicted molar refractivity (Wildman–Crippen MR) is 459 cm³/mol. The van der Waals surface area contributed by atoms with Gasteiger partial charge < -0.3 is 14.2 Å². The van der Waals surface area contributed by atoms with E-state index in [1.165, 1.54) is 146 Å². The van der Waals surface area contributed by atoms with E-state index in [9.17, 15) is 26.3 Å². The third-order valence-corrected chi connectivity index (χ3v) is 21.4. The van der Waals surface area contributed by atoms with Gasteiger partial charge in [-0.2, -0.15) is 8.78 Å². The third-order valence-electron chi connectivity index (χ3n) is 18.9. The summed E-state index contributed by atoms with van der Waals surface area (Å²) in [7, 11) is 0. The van der Waals surface area contributed by atoms with Crippen LogP contribution in [0, 0.1) is 42.0 Å². The average molecular weight is 1570 g/mol. The zero-order valence-electron chi connectivity index (χ0n) is 67.6. The van der Waals surface area contributed by atoms with E-state index >= 15 is 0 Å². The molecule has 12 aromatic rings. The lowest BCUT2D eigenvalue weighted by molar-refractivity contribution is 0.292. The molecular formula is C97H111F6N5O3S2. The molecular weight excluding hydrogens is 1460 g/mol. The number of halogens is 6. The van der Waals surface area contributed by atoms with Gasteiger partial charge in [0.15, 0.2) is 29.0 Å². The number of aromatic nitrogens is 5. The van der Waals surface area contributed by atoms with Crippen LogP contribution in [-0.2, 0) is 38.5 Å². The van der Waals surface area contributed by atoms with Crippen molar-refractivity contribution < 1.29 is 40.6 Å². The molecule has 0 atom stereocenters. The lowest BCUT2D eigenvalue weighted by Crippen LogP contribution is -2.00. The molecule has 113 heavy (non-hydrogen) atoms. The molecule has 0 radical (unpaired) electrons. The molecule has 0 spiro atoms. The molecule has 0 aliphatic heterocycles. The van der Waals surface area contributed by atoms with Crippen LogP contribution in [0.4, 0.5) is 26.3 Å². The second kappa shape index (κ2) is 48.3. The summed E-state index contributed by atoms with van der Waals surface area (Å²) in [5, 5.41) is 0. The normalized spacial score (nSPS) is 10.8. The van der Waals surface area contributed by atoms with Gasteiger partial charge in [-0.15, -0.1) is 22.7 Å². The Bertz CT molecular complexity index is 4640. The van der Waals surface area contributed by atoms with E-state index < -0.39 is 35.0 Å². The molecule has 12 rings (SSSR count). The summed E-state index contributed by atoms with van der Waals surface area (Å²) >= 11 is 2.31. The van der Waals surface area contributed by atoms with Crippen LogP contribution in [0.5, 0.6) is 17.4 Å². The molecule has 0 fully saturated rings. The van der Waals surface area contributed by atoms with E-state index in [1.54, 1.807) is 31.5 Å². The van der Waals surface area contributed by atoms with E-state index in [0.717, 1.165) is 112 Å². The molecule has 0 amide bonds. The average Bonchev–Trinajstić information content (AvgIpc) is 1.65. The van der Waals surface area contributed by atoms with Crippen molar-refractivity contribution in [3.05, 3.63) is 274 Å². The van der Waals surface area contributed by atoms with Crippen molar-refractivity contribution in [1.82, 2.24) is 24.9 Å². The fourth-order valence-corrected chi connectivity index (χ4v) is 14.6. The van der Waals surface area contributed by atoms with Gasteiger partial charge in [0.2, 0.25) is 11.7 Å². The Labute approximate surface area is 675 Å². The number of benzene rings is 7. The summed E-state index contributed by atoms with van der Waals surface area (Å²) in [5.41, 5.74) is 16.9. The Morgan fingerprint density at radius 2 is 0.770 bits per heavy atom. The molecule has 8 nitrogen and oxygen atoms in total. The molecule has 16 heteroatoms. The maximum absolute atomic E-state index is 14.5. The van der Waals surface area contributed by atoms with Gasteiger partial charge in [-0.1, -0.05) is 283 Å². The molecule has 0 aliphatic rings. The molecule has 5 heterocycles. The summed E-state index contributed by atoms with van der Waals surface area (Å²) in [4.78, 5) is 23.5. The van der Waals surface area contributed by atoms with Gasteiger partial charge >= 0.3 is 0 Å². The summed E-state index contributed by atoms with van der Waals surface area (Å²) in [6, 6.07) is 56.9. The zero-order chi connectivity index (χ0) is 80.7. The number of unbranched alkanes of at least 4 members (excludes halogenated alkanes) is 9. The van der Waals surface area contributed by atoms with Gasteiger partial charge in [0, 0.05) is 33.3 Å². The van der Waals surface area contributed by atoms with Gasteiger partial charge in [0.1, 0.15) is 5.82 Å². The molecule has 0 unspecified atom stereocenters. The Morgan fingerprint density at radius 1 is 0.327 bits per heavy atom. The molecule has 0 saturated heterocycles. The zero-order valence-corrected chi connectivity index (χ0v) is 69.2. The van der Waals surface area contributed by atoms with Gasteiger partial charge in [-0.3, -0.25) is 9.97 Å². The van der Waals surface area contributed by atoms with E-state index in [-0.39, 0.29) is 28.5 Å². The highest BCUT2D eigenvalue weighted by Crippen LogP contribution is 2.41. The van der Waals surface area contributed by atoms with E-state index in [2.05, 4.69) is 139 Å². The van der Waals surface area contributed by atoms with Crippen molar-refractivity contribution in [3.63, 3.8) is 0 Å². The molecule has 5 aromatic heterocycles. The topological polar surface area (TPSA) is 92.1 Å². The lowest BCUT2D eigenvalue weighted by Gasteiger charge is -2.08. The number of hydrogen-bond acceptors (Lipinski definition) is 10. The number of rotatable bonds is 34. The summed E-state index contributed by atoms with van der Waals surface area (Å²) in [6.07, 6.45) is 32.0. The first-order valence-corrected chi connectivity index (χ1v) is 42.2. The second-order valence-corrected chi connectivity index (χ2v) is 30.0. The molecule has 0 aliphatic carbocycles. The maximum atomic E-state index is 14.5. The van der Waals surface area contributed by atoms with E-state index in [1.807, 2.05) is 106 Å². The highest BCUT2D eigenvalue weighted by atomic mass is 32.1. The number of hydrogen-bond donors (Lipinski definition) is 0. The third kappa shape index (κ3) is 27.8. The highest BCUT2D eigenvalue weighted by molar-refractivity contribution is 7.19. The van der Waals surface area contributed by atoms with Gasteiger partial charge in [-0.05, 0) is 147 Å². The number of pyridine rings is 1. The van der Waals surface area contributed by atoms with Crippen molar-refractivity contribution in [2.45, 2.75) is 204 Å². The molecule has 7 aromatic carbocycles. The van der Waals surface area contributed by atoms with Crippen LogP contribution in [0.1, 0.15) is 197 Å². The van der Waals surface area contributed by atoms with Crippen LogP contribution in [0.25, 0.3) is 76.2 Å². The largest absolute Gasteiger partial charge is 0.491 e. The molecule has 596 valence electrons. The minimum atomic E-state index is -1.08. The molecule has 0 bridgehead atoms. The van der Waals surface area contributed by atoms with E-state index in [0.29, 0.717) is 41.0 Å². The quantitative estimate of drug-likeness (QED) is 0.0224. The molecule has 0 N–H and O–H groups in total. The lowest BCUT2D eigenvalue weighted by atomic mass is 10.0. The van der Waals surface area contributed by atoms with Crippen LogP contribution in [0.3, 0.4) is 0 Å². The number of thiophene rings is 2. The smallest absolute Gasteiger partial charge is 0.255 e. The Morgan fingerprint density at radius 3 is 1.25 bits per heavy atom. The number of ether oxygens (including phenoxy) is 3. The van der Waals surface area contributed by atoms with Crippen LogP contribution < -0.4 is 14.2 Å².